The van der Waals surface area contributed by atoms with Gasteiger partial charge >= 0.3 is 6.03 Å². The summed E-state index contributed by atoms with van der Waals surface area (Å²) in [5.41, 5.74) is 6.88. The topological polar surface area (TPSA) is 90.2 Å². The van der Waals surface area contributed by atoms with E-state index in [1.807, 2.05) is 0 Å². The number of pyridine rings is 1. The second kappa shape index (κ2) is 9.88. The molecule has 0 bridgehead atoms. The van der Waals surface area contributed by atoms with E-state index in [9.17, 15) is 13.6 Å². The highest BCUT2D eigenvalue weighted by atomic mass is 19.1. The van der Waals surface area contributed by atoms with Gasteiger partial charge in [-0.15, -0.1) is 0 Å². The van der Waals surface area contributed by atoms with Crippen LogP contribution in [0.5, 0.6) is 11.5 Å². The van der Waals surface area contributed by atoms with Crippen molar-refractivity contribution in [1.82, 2.24) is 4.98 Å². The average Bonchev–Trinajstić information content (AvgIpc) is 3.37. The van der Waals surface area contributed by atoms with E-state index in [1.165, 1.54) is 39.0 Å². The normalized spacial score (nSPS) is 15.4. The van der Waals surface area contributed by atoms with Crippen molar-refractivity contribution in [2.45, 2.75) is 25.9 Å². The summed E-state index contributed by atoms with van der Waals surface area (Å²) in [4.78, 5) is 19.2. The van der Waals surface area contributed by atoms with Crippen LogP contribution in [0.15, 0.2) is 18.3 Å². The maximum absolute atomic E-state index is 14.8. The lowest BCUT2D eigenvalue weighted by molar-refractivity contribution is 0.198. The SMILES string of the molecule is C1CCOC1.COc1cc(OC)c(F)c(N2Cc3cnc(CN)cc3N(C)C2=O)c1F. The summed E-state index contributed by atoms with van der Waals surface area (Å²) in [5, 5.41) is 0. The van der Waals surface area contributed by atoms with Crippen LogP contribution >= 0.6 is 0 Å². The molecule has 2 N–H and O–H groups in total. The molecule has 1 saturated heterocycles. The Labute approximate surface area is 179 Å². The molecule has 1 fully saturated rings. The Bertz CT molecular complexity index is 918. The molecule has 1 aromatic heterocycles. The molecule has 0 aliphatic carbocycles. The van der Waals surface area contributed by atoms with E-state index in [0.29, 0.717) is 16.9 Å². The van der Waals surface area contributed by atoms with Crippen LogP contribution in [0, 0.1) is 11.6 Å². The van der Waals surface area contributed by atoms with Crippen molar-refractivity contribution in [2.24, 2.45) is 5.73 Å². The third-order valence-electron chi connectivity index (χ3n) is 5.08. The Morgan fingerprint density at radius 3 is 2.23 bits per heavy atom. The standard InChI is InChI=1S/C17H18F2N4O3.C4H8O/c1-22-11-4-10(6-20)21-7-9(11)8-23(17(22)24)16-14(18)12(25-2)5-13(26-3)15(16)19;1-2-4-5-3-1/h4-5,7H,6,8,20H2,1-3H3;1-4H2. The fourth-order valence-corrected chi connectivity index (χ4v) is 3.38. The maximum Gasteiger partial charge on any atom is 0.329 e. The molecule has 10 heteroatoms. The fourth-order valence-electron chi connectivity index (χ4n) is 3.38. The number of ether oxygens (including phenoxy) is 3. The van der Waals surface area contributed by atoms with Crippen LogP contribution < -0.4 is 25.0 Å². The van der Waals surface area contributed by atoms with Gasteiger partial charge in [0, 0.05) is 44.6 Å². The first kappa shape index (κ1) is 22.7. The summed E-state index contributed by atoms with van der Waals surface area (Å²) in [6.45, 7) is 2.16. The number of anilines is 2. The van der Waals surface area contributed by atoms with Crippen LogP contribution in [0.4, 0.5) is 25.0 Å². The summed E-state index contributed by atoms with van der Waals surface area (Å²) >= 11 is 0. The largest absolute Gasteiger partial charge is 0.493 e. The number of benzene rings is 1. The number of fused-ring (bicyclic) bond motifs is 1. The minimum atomic E-state index is -0.984. The van der Waals surface area contributed by atoms with Crippen LogP contribution in [0.25, 0.3) is 0 Å². The van der Waals surface area contributed by atoms with Crippen molar-refractivity contribution >= 4 is 17.4 Å². The summed E-state index contributed by atoms with van der Waals surface area (Å²) in [6.07, 6.45) is 4.10. The van der Waals surface area contributed by atoms with Gasteiger partial charge in [-0.3, -0.25) is 14.8 Å². The Kier molecular flexibility index (Phi) is 7.24. The van der Waals surface area contributed by atoms with Crippen molar-refractivity contribution in [3.05, 3.63) is 41.2 Å². The molecule has 3 heterocycles. The number of carbonyl (C=O) groups excluding carboxylic acids is 1. The highest BCUT2D eigenvalue weighted by molar-refractivity contribution is 6.06. The minimum absolute atomic E-state index is 0.0550. The molecule has 0 saturated carbocycles. The van der Waals surface area contributed by atoms with Gasteiger partial charge in [0.2, 0.25) is 0 Å². The maximum atomic E-state index is 14.8. The summed E-state index contributed by atoms with van der Waals surface area (Å²) in [5.74, 6) is -2.42. The quantitative estimate of drug-likeness (QED) is 0.792. The zero-order valence-electron chi connectivity index (χ0n) is 17.8. The number of hydrogen-bond donors (Lipinski definition) is 1. The monoisotopic (exact) mass is 436 g/mol. The Morgan fingerprint density at radius 1 is 1.13 bits per heavy atom. The molecule has 2 aliphatic rings. The van der Waals surface area contributed by atoms with Gasteiger partial charge in [-0.25, -0.2) is 13.6 Å². The number of nitrogens with zero attached hydrogens (tertiary/aromatic N) is 3. The van der Waals surface area contributed by atoms with Gasteiger partial charge in [0.15, 0.2) is 23.1 Å². The first-order valence-corrected chi connectivity index (χ1v) is 9.83. The molecule has 0 atom stereocenters. The van der Waals surface area contributed by atoms with Crippen molar-refractivity contribution in [2.75, 3.05) is 44.3 Å². The van der Waals surface area contributed by atoms with Crippen LogP contribution in [0.1, 0.15) is 24.1 Å². The second-order valence-corrected chi connectivity index (χ2v) is 7.01. The number of amides is 2. The van der Waals surface area contributed by atoms with E-state index in [1.54, 1.807) is 12.3 Å². The summed E-state index contributed by atoms with van der Waals surface area (Å²) < 4.78 is 44.3. The number of halogens is 2. The van der Waals surface area contributed by atoms with Gasteiger partial charge in [-0.2, -0.15) is 0 Å². The van der Waals surface area contributed by atoms with Gasteiger partial charge in [-0.05, 0) is 18.9 Å². The number of urea groups is 1. The fraction of sp³-hybridized carbons (Fsp3) is 0.429. The lowest BCUT2D eigenvalue weighted by Gasteiger charge is -2.35. The van der Waals surface area contributed by atoms with Crippen molar-refractivity contribution in [3.8, 4) is 11.5 Å². The number of methoxy groups -OCH3 is 2. The number of aromatic nitrogens is 1. The Morgan fingerprint density at radius 2 is 1.74 bits per heavy atom. The molecule has 168 valence electrons. The van der Waals surface area contributed by atoms with E-state index in [0.717, 1.165) is 24.2 Å². The lowest BCUT2D eigenvalue weighted by atomic mass is 10.1. The van der Waals surface area contributed by atoms with E-state index in [4.69, 9.17) is 19.9 Å². The predicted molar refractivity (Wildman–Crippen MR) is 112 cm³/mol. The van der Waals surface area contributed by atoms with Crippen molar-refractivity contribution in [3.63, 3.8) is 0 Å². The van der Waals surface area contributed by atoms with E-state index < -0.39 is 23.4 Å². The zero-order chi connectivity index (χ0) is 22.5. The summed E-state index contributed by atoms with van der Waals surface area (Å²) in [7, 11) is 4.01. The highest BCUT2D eigenvalue weighted by Gasteiger charge is 2.35. The molecule has 2 amide bonds. The number of carbonyl (C=O) groups is 1. The molecule has 1 aromatic carbocycles. The van der Waals surface area contributed by atoms with Gasteiger partial charge in [-0.1, -0.05) is 0 Å². The first-order chi connectivity index (χ1) is 14.9. The molecule has 0 spiro atoms. The molecule has 0 unspecified atom stereocenters. The van der Waals surface area contributed by atoms with Crippen molar-refractivity contribution < 1.29 is 27.8 Å². The molecule has 4 rings (SSSR count). The summed E-state index contributed by atoms with van der Waals surface area (Å²) in [6, 6.07) is 2.18. The van der Waals surface area contributed by atoms with Crippen LogP contribution in [0.2, 0.25) is 0 Å². The molecular formula is C21H26F2N4O4. The highest BCUT2D eigenvalue weighted by Crippen LogP contribution is 2.40. The molecule has 0 radical (unpaired) electrons. The van der Waals surface area contributed by atoms with Gasteiger partial charge in [0.05, 0.1) is 32.1 Å². The number of nitrogens with two attached hydrogens (primary N) is 1. The van der Waals surface area contributed by atoms with E-state index >= 15 is 0 Å². The van der Waals surface area contributed by atoms with Gasteiger partial charge in [0.25, 0.3) is 0 Å². The molecular weight excluding hydrogens is 410 g/mol. The predicted octanol–water partition coefficient (Wildman–Crippen LogP) is 3.21. The van der Waals surface area contributed by atoms with Crippen LogP contribution in [0.3, 0.4) is 0 Å². The third-order valence-corrected chi connectivity index (χ3v) is 5.08. The molecule has 2 aliphatic heterocycles. The Balaban J connectivity index is 0.000000478. The zero-order valence-corrected chi connectivity index (χ0v) is 17.8. The number of rotatable bonds is 4. The van der Waals surface area contributed by atoms with Gasteiger partial charge < -0.3 is 19.9 Å². The lowest BCUT2D eigenvalue weighted by Crippen LogP contribution is -2.46. The second-order valence-electron chi connectivity index (χ2n) is 7.01. The smallest absolute Gasteiger partial charge is 0.329 e. The van der Waals surface area contributed by atoms with Crippen molar-refractivity contribution in [1.29, 1.82) is 0 Å². The van der Waals surface area contributed by atoms with Crippen LogP contribution in [-0.4, -0.2) is 45.5 Å². The molecule has 2 aromatic rings. The molecule has 31 heavy (non-hydrogen) atoms. The van der Waals surface area contributed by atoms with Crippen LogP contribution in [-0.2, 0) is 17.8 Å². The van der Waals surface area contributed by atoms with Gasteiger partial charge in [0.1, 0.15) is 5.69 Å². The first-order valence-electron chi connectivity index (χ1n) is 9.83. The third kappa shape index (κ3) is 4.54. The average molecular weight is 436 g/mol. The van der Waals surface area contributed by atoms with E-state index in [2.05, 4.69) is 4.98 Å². The minimum Gasteiger partial charge on any atom is -0.493 e. The molecule has 8 nitrogen and oxygen atoms in total. The Hall–Kier alpha value is -2.98. The number of hydrogen-bond acceptors (Lipinski definition) is 6. The van der Waals surface area contributed by atoms with E-state index in [-0.39, 0.29) is 24.6 Å².